The van der Waals surface area contributed by atoms with Gasteiger partial charge in [-0.15, -0.1) is 0 Å². The summed E-state index contributed by atoms with van der Waals surface area (Å²) in [4.78, 5) is 73.5. The molecule has 0 aromatic rings. The van der Waals surface area contributed by atoms with Gasteiger partial charge >= 0.3 is 12.1 Å². The third-order valence-electron chi connectivity index (χ3n) is 7.24. The minimum atomic E-state index is -1.24. The molecule has 32 heavy (non-hydrogen) atoms. The van der Waals surface area contributed by atoms with Crippen molar-refractivity contribution in [2.24, 2.45) is 22.7 Å². The van der Waals surface area contributed by atoms with Crippen LogP contribution in [-0.4, -0.2) is 35.7 Å². The Morgan fingerprint density at radius 2 is 0.875 bits per heavy atom. The van der Waals surface area contributed by atoms with E-state index in [4.69, 9.17) is 0 Å². The Kier molecular flexibility index (Phi) is 7.00. The molecule has 1 aliphatic carbocycles. The van der Waals surface area contributed by atoms with Crippen molar-refractivity contribution in [1.29, 1.82) is 0 Å². The zero-order valence-electron chi connectivity index (χ0n) is 18.7. The Hall–Kier alpha value is -2.78. The fourth-order valence-electron chi connectivity index (χ4n) is 5.67. The second-order valence-corrected chi connectivity index (χ2v) is 9.43. The van der Waals surface area contributed by atoms with Crippen LogP contribution in [0.15, 0.2) is 0 Å². The number of rotatable bonds is 8. The number of nitrogens with one attached hydrogen (secondary N) is 4. The van der Waals surface area contributed by atoms with Gasteiger partial charge in [0, 0.05) is 0 Å². The molecule has 0 atom stereocenters. The average molecular weight is 449 g/mol. The summed E-state index contributed by atoms with van der Waals surface area (Å²) < 4.78 is 0. The Morgan fingerprint density at radius 1 is 0.594 bits per heavy atom. The highest BCUT2D eigenvalue weighted by atomic mass is 16.2. The van der Waals surface area contributed by atoms with Crippen LogP contribution in [-0.2, 0) is 19.2 Å². The molecular weight excluding hydrogens is 416 g/mol. The first kappa shape index (κ1) is 23.9. The largest absolute Gasteiger partial charge is 0.328 e. The van der Waals surface area contributed by atoms with Crippen LogP contribution >= 0.6 is 0 Å². The van der Waals surface area contributed by atoms with E-state index in [-0.39, 0.29) is 11.8 Å². The molecule has 0 unspecified atom stereocenters. The van der Waals surface area contributed by atoms with Gasteiger partial charge in [-0.1, -0.05) is 52.4 Å². The monoisotopic (exact) mass is 448 g/mol. The lowest BCUT2D eigenvalue weighted by atomic mass is 9.65. The Morgan fingerprint density at radius 3 is 1.12 bits per heavy atom. The third-order valence-corrected chi connectivity index (χ3v) is 7.24. The van der Waals surface area contributed by atoms with Crippen LogP contribution in [0.25, 0.3) is 0 Å². The van der Waals surface area contributed by atoms with E-state index in [1.165, 1.54) is 0 Å². The first-order valence-corrected chi connectivity index (χ1v) is 11.5. The van der Waals surface area contributed by atoms with Crippen LogP contribution < -0.4 is 21.3 Å². The number of carbonyl (C=O) groups excluding carboxylic acids is 6. The lowest BCUT2D eigenvalue weighted by molar-refractivity contribution is -0.149. The fourth-order valence-corrected chi connectivity index (χ4v) is 5.67. The molecule has 8 amide bonds. The summed E-state index contributed by atoms with van der Waals surface area (Å²) in [6.07, 6.45) is 5.77. The van der Waals surface area contributed by atoms with Gasteiger partial charge in [-0.2, -0.15) is 0 Å². The third kappa shape index (κ3) is 4.40. The SMILES string of the molecule is CCCC1(CC2CCC(CC3(CCC)C(=O)NC(=O)NC3=O)CC2)C(=O)NC(=O)NC1=O. The minimum absolute atomic E-state index is 0.125. The van der Waals surface area contributed by atoms with Crippen molar-refractivity contribution in [3.63, 3.8) is 0 Å². The zero-order valence-corrected chi connectivity index (χ0v) is 18.7. The van der Waals surface area contributed by atoms with Crippen LogP contribution in [0.3, 0.4) is 0 Å². The van der Waals surface area contributed by atoms with Crippen molar-refractivity contribution < 1.29 is 28.8 Å². The van der Waals surface area contributed by atoms with Gasteiger partial charge in [0.15, 0.2) is 0 Å². The predicted molar refractivity (Wildman–Crippen MR) is 113 cm³/mol. The summed E-state index contributed by atoms with van der Waals surface area (Å²) in [6.45, 7) is 3.79. The molecule has 0 aromatic heterocycles. The number of urea groups is 2. The smallest absolute Gasteiger partial charge is 0.277 e. The van der Waals surface area contributed by atoms with Crippen molar-refractivity contribution in [2.45, 2.75) is 78.1 Å². The standard InChI is InChI=1S/C22H32N4O6/c1-3-9-21(15(27)23-19(31)24-16(21)28)11-13-5-7-14(8-6-13)12-22(10-4-2)17(29)25-20(32)26-18(22)30/h13-14H,3-12H2,1-2H3,(H2,23,24,27,28,31)(H2,25,26,29,30,32). The Bertz CT molecular complexity index is 722. The topological polar surface area (TPSA) is 151 Å². The maximum atomic E-state index is 12.6. The summed E-state index contributed by atoms with van der Waals surface area (Å²) in [5.74, 6) is -1.87. The van der Waals surface area contributed by atoms with Gasteiger partial charge in [0.05, 0.1) is 0 Å². The molecule has 0 radical (unpaired) electrons. The molecular formula is C22H32N4O6. The average Bonchev–Trinajstić information content (AvgIpc) is 2.71. The highest BCUT2D eigenvalue weighted by Crippen LogP contribution is 2.44. The molecule has 1 saturated carbocycles. The zero-order chi connectivity index (χ0) is 23.5. The maximum Gasteiger partial charge on any atom is 0.328 e. The van der Waals surface area contributed by atoms with Crippen LogP contribution in [0, 0.1) is 22.7 Å². The quantitative estimate of drug-likeness (QED) is 0.416. The van der Waals surface area contributed by atoms with Crippen LogP contribution in [0.2, 0.25) is 0 Å². The van der Waals surface area contributed by atoms with Gasteiger partial charge < -0.3 is 0 Å². The van der Waals surface area contributed by atoms with Gasteiger partial charge in [-0.25, -0.2) is 9.59 Å². The molecule has 2 saturated heterocycles. The lowest BCUT2D eigenvalue weighted by Crippen LogP contribution is -2.63. The number of carbonyl (C=O) groups is 6. The number of barbiturate groups is 2. The summed E-state index contributed by atoms with van der Waals surface area (Å²) in [6, 6.07) is -1.56. The second kappa shape index (κ2) is 9.38. The molecule has 3 aliphatic rings. The number of amides is 8. The number of imide groups is 4. The van der Waals surface area contributed by atoms with E-state index >= 15 is 0 Å². The Balaban J connectivity index is 1.66. The first-order chi connectivity index (χ1) is 15.2. The van der Waals surface area contributed by atoms with E-state index in [0.29, 0.717) is 38.5 Å². The van der Waals surface area contributed by atoms with E-state index in [2.05, 4.69) is 21.3 Å². The molecule has 4 N–H and O–H groups in total. The van der Waals surface area contributed by atoms with Gasteiger partial charge in [0.25, 0.3) is 0 Å². The summed E-state index contributed by atoms with van der Waals surface area (Å²) in [7, 11) is 0. The van der Waals surface area contributed by atoms with E-state index in [1.807, 2.05) is 13.8 Å². The molecule has 0 spiro atoms. The highest BCUT2D eigenvalue weighted by Gasteiger charge is 2.52. The lowest BCUT2D eigenvalue weighted by Gasteiger charge is -2.41. The summed E-state index contributed by atoms with van der Waals surface area (Å²) in [5, 5.41) is 8.98. The maximum absolute atomic E-state index is 12.6. The highest BCUT2D eigenvalue weighted by molar-refractivity contribution is 6.19. The number of hydrogen-bond acceptors (Lipinski definition) is 6. The van der Waals surface area contributed by atoms with Crippen molar-refractivity contribution in [2.75, 3.05) is 0 Å². The van der Waals surface area contributed by atoms with Gasteiger partial charge in [-0.3, -0.25) is 40.4 Å². The Labute approximate surface area is 187 Å². The van der Waals surface area contributed by atoms with Gasteiger partial charge in [0.1, 0.15) is 10.8 Å². The van der Waals surface area contributed by atoms with Crippen LogP contribution in [0.5, 0.6) is 0 Å². The molecule has 2 aliphatic heterocycles. The number of hydrogen-bond donors (Lipinski definition) is 4. The molecule has 3 rings (SSSR count). The second-order valence-electron chi connectivity index (χ2n) is 9.43. The van der Waals surface area contributed by atoms with Crippen molar-refractivity contribution in [3.05, 3.63) is 0 Å². The van der Waals surface area contributed by atoms with E-state index in [9.17, 15) is 28.8 Å². The van der Waals surface area contributed by atoms with Crippen molar-refractivity contribution >= 4 is 35.7 Å². The molecule has 2 heterocycles. The fraction of sp³-hybridized carbons (Fsp3) is 0.727. The molecule has 0 aromatic carbocycles. The van der Waals surface area contributed by atoms with Gasteiger partial charge in [0.2, 0.25) is 23.6 Å². The normalized spacial score (nSPS) is 27.3. The van der Waals surface area contributed by atoms with E-state index in [1.54, 1.807) is 0 Å². The van der Waals surface area contributed by atoms with Gasteiger partial charge in [-0.05, 0) is 37.5 Å². The molecule has 10 nitrogen and oxygen atoms in total. The molecule has 3 fully saturated rings. The minimum Gasteiger partial charge on any atom is -0.277 e. The summed E-state index contributed by atoms with van der Waals surface area (Å²) in [5.41, 5.74) is -2.49. The van der Waals surface area contributed by atoms with E-state index < -0.39 is 46.5 Å². The first-order valence-electron chi connectivity index (χ1n) is 11.5. The van der Waals surface area contributed by atoms with Crippen LogP contribution in [0.1, 0.15) is 78.1 Å². The summed E-state index contributed by atoms with van der Waals surface area (Å²) >= 11 is 0. The van der Waals surface area contributed by atoms with Crippen LogP contribution in [0.4, 0.5) is 9.59 Å². The van der Waals surface area contributed by atoms with E-state index in [0.717, 1.165) is 25.7 Å². The molecule has 0 bridgehead atoms. The molecule has 10 heteroatoms. The van der Waals surface area contributed by atoms with Crippen molar-refractivity contribution in [1.82, 2.24) is 21.3 Å². The predicted octanol–water partition coefficient (Wildman–Crippen LogP) is 1.88. The van der Waals surface area contributed by atoms with Crippen molar-refractivity contribution in [3.8, 4) is 0 Å². The molecule has 176 valence electrons.